The van der Waals surface area contributed by atoms with Gasteiger partial charge in [0.25, 0.3) is 0 Å². The molecule has 0 saturated carbocycles. The maximum atomic E-state index is 13.4. The number of hydrogen-bond donors (Lipinski definition) is 1. The van der Waals surface area contributed by atoms with Gasteiger partial charge in [-0.25, -0.2) is 0 Å². The third kappa shape index (κ3) is 7.53. The Kier molecular flexibility index (Phi) is 9.67. The predicted octanol–water partition coefficient (Wildman–Crippen LogP) is 5.61. The molecular weight excluding hydrogens is 475 g/mol. The molecule has 7 heteroatoms. The van der Waals surface area contributed by atoms with Crippen molar-refractivity contribution in [3.8, 4) is 0 Å². The molecule has 0 spiro atoms. The summed E-state index contributed by atoms with van der Waals surface area (Å²) in [5.74, 6) is 0.556. The van der Waals surface area contributed by atoms with Crippen LogP contribution in [0.4, 0.5) is 0 Å². The van der Waals surface area contributed by atoms with Crippen LogP contribution in [0.5, 0.6) is 0 Å². The Labute approximate surface area is 209 Å². The van der Waals surface area contributed by atoms with Crippen LogP contribution in [0.25, 0.3) is 0 Å². The van der Waals surface area contributed by atoms with E-state index in [-0.39, 0.29) is 24.1 Å². The molecule has 1 atom stereocenters. The maximum absolute atomic E-state index is 13.4. The topological polar surface area (TPSA) is 49.4 Å². The molecule has 0 heterocycles. The van der Waals surface area contributed by atoms with E-state index in [2.05, 4.69) is 5.32 Å². The SMILES string of the molecule is CNC(=O)[C@@H](Cc1ccccc1)N(Cc1ccccc1Cl)C(=O)CSCc1cccc(Cl)c1. The van der Waals surface area contributed by atoms with Gasteiger partial charge in [0.05, 0.1) is 5.75 Å². The molecule has 0 aliphatic heterocycles. The van der Waals surface area contributed by atoms with Gasteiger partial charge in [-0.2, -0.15) is 0 Å². The van der Waals surface area contributed by atoms with Gasteiger partial charge in [0.15, 0.2) is 0 Å². The quantitative estimate of drug-likeness (QED) is 0.393. The number of rotatable bonds is 10. The van der Waals surface area contributed by atoms with E-state index >= 15 is 0 Å². The van der Waals surface area contributed by atoms with E-state index in [1.54, 1.807) is 18.0 Å². The molecule has 0 radical (unpaired) electrons. The highest BCUT2D eigenvalue weighted by Gasteiger charge is 2.30. The predicted molar refractivity (Wildman–Crippen MR) is 138 cm³/mol. The molecule has 0 aromatic heterocycles. The molecule has 0 fully saturated rings. The lowest BCUT2D eigenvalue weighted by molar-refractivity contribution is -0.139. The molecule has 0 aliphatic rings. The Morgan fingerprint density at radius 2 is 1.64 bits per heavy atom. The number of nitrogens with one attached hydrogen (secondary N) is 1. The minimum absolute atomic E-state index is 0.119. The highest BCUT2D eigenvalue weighted by molar-refractivity contribution is 7.99. The zero-order chi connectivity index (χ0) is 23.6. The largest absolute Gasteiger partial charge is 0.357 e. The first-order chi connectivity index (χ1) is 16.0. The summed E-state index contributed by atoms with van der Waals surface area (Å²) in [7, 11) is 1.59. The van der Waals surface area contributed by atoms with Crippen molar-refractivity contribution in [2.45, 2.75) is 24.8 Å². The number of benzene rings is 3. The Balaban J connectivity index is 1.82. The second kappa shape index (κ2) is 12.7. The first-order valence-electron chi connectivity index (χ1n) is 10.6. The average Bonchev–Trinajstić information content (AvgIpc) is 2.82. The van der Waals surface area contributed by atoms with E-state index in [9.17, 15) is 9.59 Å². The standard InChI is InChI=1S/C26H26Cl2N2O2S/c1-29-26(32)24(15-19-8-3-2-4-9-19)30(16-21-11-5-6-13-23(21)28)25(31)18-33-17-20-10-7-12-22(27)14-20/h2-14,24H,15-18H2,1H3,(H,29,32)/t24-/m1/s1. The van der Waals surface area contributed by atoms with E-state index in [1.165, 1.54) is 11.8 Å². The van der Waals surface area contributed by atoms with Gasteiger partial charge in [-0.1, -0.05) is 83.9 Å². The van der Waals surface area contributed by atoms with Crippen LogP contribution in [-0.4, -0.2) is 35.6 Å². The van der Waals surface area contributed by atoms with Crippen LogP contribution in [0.2, 0.25) is 10.0 Å². The molecule has 0 unspecified atom stereocenters. The van der Waals surface area contributed by atoms with E-state index in [1.807, 2.05) is 72.8 Å². The molecule has 4 nitrogen and oxygen atoms in total. The van der Waals surface area contributed by atoms with Gasteiger partial charge >= 0.3 is 0 Å². The number of carbonyl (C=O) groups excluding carboxylic acids is 2. The van der Waals surface area contributed by atoms with Crippen molar-refractivity contribution in [1.29, 1.82) is 0 Å². The summed E-state index contributed by atoms with van der Waals surface area (Å²) < 4.78 is 0. The summed E-state index contributed by atoms with van der Waals surface area (Å²) in [5.41, 5.74) is 2.83. The van der Waals surface area contributed by atoms with Crippen molar-refractivity contribution in [3.63, 3.8) is 0 Å². The van der Waals surface area contributed by atoms with Crippen molar-refractivity contribution < 1.29 is 9.59 Å². The van der Waals surface area contributed by atoms with E-state index in [0.717, 1.165) is 16.7 Å². The van der Waals surface area contributed by atoms with Gasteiger partial charge in [0, 0.05) is 35.8 Å². The van der Waals surface area contributed by atoms with Crippen LogP contribution >= 0.6 is 35.0 Å². The molecule has 0 aliphatic carbocycles. The fourth-order valence-electron chi connectivity index (χ4n) is 3.50. The first kappa shape index (κ1) is 25.2. The van der Waals surface area contributed by atoms with Crippen LogP contribution in [0.3, 0.4) is 0 Å². The van der Waals surface area contributed by atoms with E-state index in [0.29, 0.717) is 22.2 Å². The van der Waals surface area contributed by atoms with Gasteiger partial charge in [-0.05, 0) is 34.9 Å². The highest BCUT2D eigenvalue weighted by Crippen LogP contribution is 2.22. The Bertz CT molecular complexity index is 1080. The van der Waals surface area contributed by atoms with Gasteiger partial charge in [0.1, 0.15) is 6.04 Å². The van der Waals surface area contributed by atoms with Crippen LogP contribution < -0.4 is 5.32 Å². The summed E-state index contributed by atoms with van der Waals surface area (Å²) in [4.78, 5) is 28.0. The number of carbonyl (C=O) groups is 2. The molecular formula is C26H26Cl2N2O2S. The van der Waals surface area contributed by atoms with Crippen molar-refractivity contribution in [2.24, 2.45) is 0 Å². The number of thioether (sulfide) groups is 1. The third-order valence-electron chi connectivity index (χ3n) is 5.20. The maximum Gasteiger partial charge on any atom is 0.242 e. The lowest BCUT2D eigenvalue weighted by atomic mass is 10.0. The molecule has 172 valence electrons. The van der Waals surface area contributed by atoms with Crippen molar-refractivity contribution in [3.05, 3.63) is 106 Å². The highest BCUT2D eigenvalue weighted by atomic mass is 35.5. The number of amides is 2. The second-order valence-electron chi connectivity index (χ2n) is 7.56. The van der Waals surface area contributed by atoms with Gasteiger partial charge in [-0.3, -0.25) is 9.59 Å². The minimum atomic E-state index is -0.659. The van der Waals surface area contributed by atoms with Crippen LogP contribution in [0.1, 0.15) is 16.7 Å². The van der Waals surface area contributed by atoms with Crippen molar-refractivity contribution in [2.75, 3.05) is 12.8 Å². The Morgan fingerprint density at radius 3 is 2.33 bits per heavy atom. The summed E-state index contributed by atoms with van der Waals surface area (Å²) in [6.45, 7) is 0.251. The number of halogens is 2. The Hall–Kier alpha value is -2.47. The van der Waals surface area contributed by atoms with Crippen molar-refractivity contribution in [1.82, 2.24) is 10.2 Å². The lowest BCUT2D eigenvalue weighted by Crippen LogP contribution is -2.50. The first-order valence-corrected chi connectivity index (χ1v) is 12.5. The fraction of sp³-hybridized carbons (Fsp3) is 0.231. The van der Waals surface area contributed by atoms with Gasteiger partial charge < -0.3 is 10.2 Å². The minimum Gasteiger partial charge on any atom is -0.357 e. The molecule has 1 N–H and O–H groups in total. The van der Waals surface area contributed by atoms with Crippen LogP contribution in [-0.2, 0) is 28.3 Å². The van der Waals surface area contributed by atoms with Gasteiger partial charge in [-0.15, -0.1) is 11.8 Å². The van der Waals surface area contributed by atoms with Crippen molar-refractivity contribution >= 4 is 46.8 Å². The number of nitrogens with zero attached hydrogens (tertiary/aromatic N) is 1. The Morgan fingerprint density at radius 1 is 0.939 bits per heavy atom. The van der Waals surface area contributed by atoms with Crippen LogP contribution in [0, 0.1) is 0 Å². The molecule has 0 bridgehead atoms. The zero-order valence-electron chi connectivity index (χ0n) is 18.3. The van der Waals surface area contributed by atoms with Gasteiger partial charge in [0.2, 0.25) is 11.8 Å². The summed E-state index contributed by atoms with van der Waals surface area (Å²) in [5, 5.41) is 3.96. The zero-order valence-corrected chi connectivity index (χ0v) is 20.7. The third-order valence-corrected chi connectivity index (χ3v) is 6.79. The summed E-state index contributed by atoms with van der Waals surface area (Å²) >= 11 is 14.0. The molecule has 3 aromatic rings. The normalized spacial score (nSPS) is 11.6. The second-order valence-corrected chi connectivity index (χ2v) is 9.38. The molecule has 3 rings (SSSR count). The lowest BCUT2D eigenvalue weighted by Gasteiger charge is -2.31. The fourth-order valence-corrected chi connectivity index (χ4v) is 4.76. The van der Waals surface area contributed by atoms with Crippen LogP contribution in [0.15, 0.2) is 78.9 Å². The monoisotopic (exact) mass is 500 g/mol. The van der Waals surface area contributed by atoms with E-state index < -0.39 is 6.04 Å². The average molecular weight is 501 g/mol. The number of hydrogen-bond acceptors (Lipinski definition) is 3. The summed E-state index contributed by atoms with van der Waals surface area (Å²) in [6.07, 6.45) is 0.412. The molecule has 33 heavy (non-hydrogen) atoms. The summed E-state index contributed by atoms with van der Waals surface area (Å²) in [6, 6.07) is 24.0. The molecule has 0 saturated heterocycles. The van der Waals surface area contributed by atoms with E-state index in [4.69, 9.17) is 23.2 Å². The molecule has 3 aromatic carbocycles. The smallest absolute Gasteiger partial charge is 0.242 e. The number of likely N-dealkylation sites (N-methyl/N-ethyl adjacent to an activating group) is 1. The molecule has 2 amide bonds.